The zero-order valence-corrected chi connectivity index (χ0v) is 42.4. The summed E-state index contributed by atoms with van der Waals surface area (Å²) in [6.07, 6.45) is 48.0. The lowest BCUT2D eigenvalue weighted by atomic mass is 10.0. The lowest BCUT2D eigenvalue weighted by Gasteiger charge is -2.18. The summed E-state index contributed by atoms with van der Waals surface area (Å²) in [7, 11) is 3.59. The van der Waals surface area contributed by atoms with E-state index in [0.29, 0.717) is 12.3 Å². The minimum atomic E-state index is -0.495. The van der Waals surface area contributed by atoms with E-state index in [9.17, 15) is 9.59 Å². The lowest BCUT2D eigenvalue weighted by Crippen LogP contribution is -2.50. The fourth-order valence-corrected chi connectivity index (χ4v) is 10.1. The van der Waals surface area contributed by atoms with Gasteiger partial charge in [-0.15, -0.1) is 0 Å². The van der Waals surface area contributed by atoms with Gasteiger partial charge in [-0.25, -0.2) is 0 Å². The Morgan fingerprint density at radius 3 is 1.21 bits per heavy atom. The zero-order valence-electron chi connectivity index (χ0n) is 40.8. The van der Waals surface area contributed by atoms with Gasteiger partial charge in [0.15, 0.2) is 0 Å². The second-order valence-electron chi connectivity index (χ2n) is 18.0. The summed E-state index contributed by atoms with van der Waals surface area (Å²) in [4.78, 5) is 26.2. The molecule has 10 heteroatoms. The van der Waals surface area contributed by atoms with Crippen molar-refractivity contribution in [3.05, 3.63) is 0 Å². The van der Waals surface area contributed by atoms with Gasteiger partial charge in [-0.05, 0) is 77.8 Å². The highest BCUT2D eigenvalue weighted by Crippen LogP contribution is 2.24. The number of amides is 2. The highest BCUT2D eigenvalue weighted by Gasteiger charge is 2.20. The number of rotatable bonds is 53. The van der Waals surface area contributed by atoms with E-state index in [0.717, 1.165) is 77.1 Å². The Hall–Kier alpha value is -0.520. The minimum Gasteiger partial charge on any atom is -0.354 e. The summed E-state index contributed by atoms with van der Waals surface area (Å²) in [5.41, 5.74) is 5.54. The molecule has 0 saturated heterocycles. The summed E-state index contributed by atoms with van der Waals surface area (Å²) >= 11 is 0. The molecule has 0 aromatic heterocycles. The largest absolute Gasteiger partial charge is 0.354 e. The van der Waals surface area contributed by atoms with Crippen LogP contribution in [-0.4, -0.2) is 81.7 Å². The third-order valence-corrected chi connectivity index (χ3v) is 14.4. The zero-order chi connectivity index (χ0) is 44.2. The van der Waals surface area contributed by atoms with E-state index in [4.69, 9.17) is 5.73 Å². The standard InChI is InChI=1S/C51H106N6O2S2/c1-3-5-7-9-11-13-15-17-19-21-23-25-27-29-31-33-45-56-51(59)49(57-50(58)47-55-44-38-43-54-41-35-34-40-53-42-37-39-52)48-61-60-46-36-32-30-28-26-24-22-20-18-16-14-12-10-8-6-4-2/h49,53-55H,3-48,52H2,1-2H3,(H,56,59)(H,57,58). The predicted octanol–water partition coefficient (Wildman–Crippen LogP) is 12.8. The maximum absolute atomic E-state index is 13.3. The van der Waals surface area contributed by atoms with E-state index in [1.807, 2.05) is 10.8 Å². The molecule has 0 spiro atoms. The van der Waals surface area contributed by atoms with Gasteiger partial charge in [-0.1, -0.05) is 228 Å². The maximum Gasteiger partial charge on any atom is 0.243 e. The van der Waals surface area contributed by atoms with Gasteiger partial charge < -0.3 is 32.3 Å². The molecule has 0 aliphatic rings. The van der Waals surface area contributed by atoms with Crippen molar-refractivity contribution in [1.29, 1.82) is 0 Å². The summed E-state index contributed by atoms with van der Waals surface area (Å²) in [6.45, 7) is 11.1. The van der Waals surface area contributed by atoms with Crippen LogP contribution in [0.15, 0.2) is 0 Å². The Bertz CT molecular complexity index is 873. The number of nitrogens with one attached hydrogen (secondary N) is 5. The lowest BCUT2D eigenvalue weighted by molar-refractivity contribution is -0.128. The van der Waals surface area contributed by atoms with Crippen LogP contribution in [0.1, 0.15) is 245 Å². The average Bonchev–Trinajstić information content (AvgIpc) is 3.26. The first-order valence-electron chi connectivity index (χ1n) is 26.8. The molecule has 61 heavy (non-hydrogen) atoms. The molecule has 0 heterocycles. The molecule has 0 fully saturated rings. The molecule has 0 bridgehead atoms. The Kier molecular flexibility index (Phi) is 53.4. The monoisotopic (exact) mass is 899 g/mol. The fraction of sp³-hybridized carbons (Fsp3) is 0.961. The molecule has 0 aromatic rings. The molecular formula is C51H106N6O2S2. The summed E-state index contributed by atoms with van der Waals surface area (Å²) in [5.74, 6) is 1.57. The normalized spacial score (nSPS) is 12.0. The molecule has 0 aromatic carbocycles. The molecule has 7 N–H and O–H groups in total. The number of nitrogens with two attached hydrogens (primary N) is 1. The number of hydrogen-bond donors (Lipinski definition) is 6. The molecule has 364 valence electrons. The van der Waals surface area contributed by atoms with Crippen LogP contribution in [0.4, 0.5) is 0 Å². The van der Waals surface area contributed by atoms with Crippen molar-refractivity contribution in [1.82, 2.24) is 26.6 Å². The van der Waals surface area contributed by atoms with Crippen molar-refractivity contribution in [2.75, 3.05) is 63.9 Å². The molecule has 0 aliphatic heterocycles. The van der Waals surface area contributed by atoms with E-state index < -0.39 is 6.04 Å². The smallest absolute Gasteiger partial charge is 0.243 e. The average molecular weight is 900 g/mol. The highest BCUT2D eigenvalue weighted by atomic mass is 33.1. The van der Waals surface area contributed by atoms with Gasteiger partial charge in [0.25, 0.3) is 0 Å². The number of carbonyl (C=O) groups excluding carboxylic acids is 2. The Labute approximate surface area is 388 Å². The van der Waals surface area contributed by atoms with Crippen LogP contribution >= 0.6 is 21.6 Å². The highest BCUT2D eigenvalue weighted by molar-refractivity contribution is 8.76. The van der Waals surface area contributed by atoms with Gasteiger partial charge in [0.2, 0.25) is 11.8 Å². The van der Waals surface area contributed by atoms with Gasteiger partial charge in [0.1, 0.15) is 6.04 Å². The minimum absolute atomic E-state index is 0.0383. The first-order chi connectivity index (χ1) is 30.2. The van der Waals surface area contributed by atoms with Crippen molar-refractivity contribution in [2.24, 2.45) is 5.73 Å². The van der Waals surface area contributed by atoms with Crippen LogP contribution in [0.25, 0.3) is 0 Å². The van der Waals surface area contributed by atoms with Crippen molar-refractivity contribution < 1.29 is 9.59 Å². The van der Waals surface area contributed by atoms with Crippen molar-refractivity contribution in [2.45, 2.75) is 251 Å². The maximum atomic E-state index is 13.3. The number of unbranched alkanes of at least 4 members (excludes halogenated alkanes) is 31. The van der Waals surface area contributed by atoms with Gasteiger partial charge in [0.05, 0.1) is 6.54 Å². The van der Waals surface area contributed by atoms with E-state index >= 15 is 0 Å². The molecule has 0 aliphatic carbocycles. The molecule has 0 rings (SSSR count). The number of hydrogen-bond acceptors (Lipinski definition) is 8. The van der Waals surface area contributed by atoms with Crippen LogP contribution in [0.3, 0.4) is 0 Å². The quantitative estimate of drug-likeness (QED) is 0.0264. The van der Waals surface area contributed by atoms with Crippen LogP contribution in [0.5, 0.6) is 0 Å². The predicted molar refractivity (Wildman–Crippen MR) is 275 cm³/mol. The molecule has 1 atom stereocenters. The van der Waals surface area contributed by atoms with Crippen LogP contribution in [0, 0.1) is 0 Å². The van der Waals surface area contributed by atoms with Gasteiger partial charge >= 0.3 is 0 Å². The molecule has 0 radical (unpaired) electrons. The van der Waals surface area contributed by atoms with Gasteiger partial charge in [-0.2, -0.15) is 0 Å². The fourth-order valence-electron chi connectivity index (χ4n) is 7.84. The third-order valence-electron chi connectivity index (χ3n) is 11.9. The molecular weight excluding hydrogens is 793 g/mol. The van der Waals surface area contributed by atoms with Crippen molar-refractivity contribution in [3.8, 4) is 0 Å². The molecule has 8 nitrogen and oxygen atoms in total. The van der Waals surface area contributed by atoms with E-state index in [2.05, 4.69) is 40.4 Å². The molecule has 2 amide bonds. The van der Waals surface area contributed by atoms with E-state index in [-0.39, 0.29) is 18.4 Å². The molecule has 0 saturated carbocycles. The second-order valence-corrected chi connectivity index (χ2v) is 20.6. The second kappa shape index (κ2) is 53.8. The van der Waals surface area contributed by atoms with Crippen LogP contribution in [0.2, 0.25) is 0 Å². The van der Waals surface area contributed by atoms with Crippen molar-refractivity contribution in [3.63, 3.8) is 0 Å². The SMILES string of the molecule is CCCCCCCCCCCCCCCCCCNC(=O)C(CSSCCCCCCCCCCCCCCCCCC)NC(=O)CNCCCNCCCCNCCCN. The Balaban J connectivity index is 4.18. The van der Waals surface area contributed by atoms with Crippen LogP contribution in [-0.2, 0) is 9.59 Å². The van der Waals surface area contributed by atoms with Crippen molar-refractivity contribution >= 4 is 33.4 Å². The Morgan fingerprint density at radius 1 is 0.410 bits per heavy atom. The number of carbonyl (C=O) groups is 2. The van der Waals surface area contributed by atoms with Gasteiger partial charge in [0, 0.05) is 18.1 Å². The van der Waals surface area contributed by atoms with Gasteiger partial charge in [-0.3, -0.25) is 9.59 Å². The molecule has 1 unspecified atom stereocenters. The Morgan fingerprint density at radius 2 is 0.770 bits per heavy atom. The van der Waals surface area contributed by atoms with E-state index in [1.165, 1.54) is 199 Å². The topological polar surface area (TPSA) is 120 Å². The first kappa shape index (κ1) is 60.5. The van der Waals surface area contributed by atoms with E-state index in [1.54, 1.807) is 10.8 Å². The third kappa shape index (κ3) is 50.3. The summed E-state index contributed by atoms with van der Waals surface area (Å²) < 4.78 is 0. The van der Waals surface area contributed by atoms with Crippen LogP contribution < -0.4 is 32.3 Å². The first-order valence-corrected chi connectivity index (χ1v) is 29.3. The summed E-state index contributed by atoms with van der Waals surface area (Å²) in [6, 6.07) is -0.495. The summed E-state index contributed by atoms with van der Waals surface area (Å²) in [5, 5.41) is 16.4.